The maximum Gasteiger partial charge on any atom is 0.125 e. The number of nitriles is 2. The van der Waals surface area contributed by atoms with Crippen molar-refractivity contribution in [3.05, 3.63) is 173 Å². The number of nitrogens with zero attached hydrogens (tertiary/aromatic N) is 3. The van der Waals surface area contributed by atoms with Gasteiger partial charge in [-0.3, -0.25) is 0 Å². The van der Waals surface area contributed by atoms with Crippen molar-refractivity contribution < 1.29 is 18.9 Å². The smallest absolute Gasteiger partial charge is 0.125 e. The minimum absolute atomic E-state index is 0.414. The summed E-state index contributed by atoms with van der Waals surface area (Å²) in [6.07, 6.45) is 0. The van der Waals surface area contributed by atoms with Crippen molar-refractivity contribution >= 4 is 21.8 Å². The second kappa shape index (κ2) is 14.1. The van der Waals surface area contributed by atoms with E-state index in [1.807, 2.05) is 42.5 Å². The summed E-state index contributed by atoms with van der Waals surface area (Å²) in [5.41, 5.74) is 14.6. The highest BCUT2D eigenvalue weighted by atomic mass is 16.5. The molecule has 2 aliphatic carbocycles. The summed E-state index contributed by atoms with van der Waals surface area (Å²) in [6.45, 7) is 1.77. The van der Waals surface area contributed by atoms with Crippen LogP contribution in [0.15, 0.2) is 140 Å². The molecular formula is C51H37N3O4. The van der Waals surface area contributed by atoms with Crippen LogP contribution in [-0.2, 0) is 14.9 Å². The van der Waals surface area contributed by atoms with Crippen molar-refractivity contribution in [3.8, 4) is 62.7 Å². The summed E-state index contributed by atoms with van der Waals surface area (Å²) in [5.74, 6) is 1.38. The molecule has 0 bridgehead atoms. The molecule has 1 spiro atoms. The summed E-state index contributed by atoms with van der Waals surface area (Å²) in [4.78, 5) is 0. The lowest BCUT2D eigenvalue weighted by Crippen LogP contribution is -2.26. The Morgan fingerprint density at radius 2 is 1.02 bits per heavy atom. The average Bonchev–Trinajstić information content (AvgIpc) is 3.87. The molecule has 10 rings (SSSR count). The molecule has 0 aliphatic heterocycles. The maximum atomic E-state index is 10.1. The summed E-state index contributed by atoms with van der Waals surface area (Å²) in [6, 6.07) is 53.3. The maximum absolute atomic E-state index is 10.1. The monoisotopic (exact) mass is 755 g/mol. The second-order valence-electron chi connectivity index (χ2n) is 14.7. The number of fused-ring (bicyclic) bond motifs is 13. The van der Waals surface area contributed by atoms with Crippen LogP contribution < -0.4 is 9.47 Å². The number of benzene rings is 7. The molecule has 0 saturated carbocycles. The van der Waals surface area contributed by atoms with Gasteiger partial charge in [0.1, 0.15) is 24.7 Å². The Balaban J connectivity index is 1.16. The van der Waals surface area contributed by atoms with E-state index in [1.54, 1.807) is 14.2 Å². The largest absolute Gasteiger partial charge is 0.491 e. The minimum atomic E-state index is -0.703. The van der Waals surface area contributed by atoms with E-state index < -0.39 is 5.41 Å². The average molecular weight is 756 g/mol. The zero-order valence-electron chi connectivity index (χ0n) is 32.1. The van der Waals surface area contributed by atoms with Crippen LogP contribution in [0.25, 0.3) is 60.9 Å². The van der Waals surface area contributed by atoms with Crippen LogP contribution in [0.4, 0.5) is 0 Å². The van der Waals surface area contributed by atoms with Crippen molar-refractivity contribution in [2.24, 2.45) is 0 Å². The van der Waals surface area contributed by atoms with Gasteiger partial charge in [0.15, 0.2) is 0 Å². The van der Waals surface area contributed by atoms with Crippen LogP contribution in [-0.4, -0.2) is 45.2 Å². The second-order valence-corrected chi connectivity index (χ2v) is 14.7. The molecule has 7 heteroatoms. The molecule has 0 amide bonds. The number of hydrogen-bond donors (Lipinski definition) is 0. The first-order valence-electron chi connectivity index (χ1n) is 19.3. The summed E-state index contributed by atoms with van der Waals surface area (Å²) in [5, 5.41) is 22.5. The standard InChI is InChI=1S/C51H37N3O4/c1-55-19-21-57-37-27-36(28-38(29-37)58-22-20-56-2)54-49-10-6-4-8-43(49)44-25-34(14-18-50(44)54)35-13-17-42-39-7-3-5-9-45(39)51(48(42)26-35)46-23-32(30-52)11-15-40(46)41-16-12-33(31-53)24-47(41)51/h3-18,23-29H,19-22H2,1-2H3. The van der Waals surface area contributed by atoms with Crippen LogP contribution >= 0.6 is 0 Å². The van der Waals surface area contributed by atoms with Crippen LogP contribution in [0.5, 0.6) is 11.5 Å². The van der Waals surface area contributed by atoms with Gasteiger partial charge in [0.25, 0.3) is 0 Å². The first kappa shape index (κ1) is 35.3. The van der Waals surface area contributed by atoms with E-state index in [0.717, 1.165) is 83.1 Å². The van der Waals surface area contributed by atoms with Gasteiger partial charge in [-0.25, -0.2) is 0 Å². The van der Waals surface area contributed by atoms with Crippen LogP contribution in [0, 0.1) is 22.7 Å². The van der Waals surface area contributed by atoms with E-state index in [2.05, 4.69) is 114 Å². The first-order valence-corrected chi connectivity index (χ1v) is 19.3. The molecule has 0 saturated heterocycles. The Morgan fingerprint density at radius 3 is 1.67 bits per heavy atom. The van der Waals surface area contributed by atoms with Crippen molar-refractivity contribution in [2.45, 2.75) is 5.41 Å². The highest BCUT2D eigenvalue weighted by Gasteiger charge is 2.52. The van der Waals surface area contributed by atoms with Gasteiger partial charge in [-0.05, 0) is 104 Å². The van der Waals surface area contributed by atoms with Gasteiger partial charge < -0.3 is 23.5 Å². The normalized spacial score (nSPS) is 12.8. The SMILES string of the molecule is COCCOc1cc(OCCOC)cc(-n2c3ccccc3c3cc(-c4ccc5c(c4)C4(c6ccccc6-5)c5cc(C#N)ccc5-c5ccc(C#N)cc54)ccc32)c1. The van der Waals surface area contributed by atoms with Gasteiger partial charge in [0.2, 0.25) is 0 Å². The molecule has 1 aromatic heterocycles. The summed E-state index contributed by atoms with van der Waals surface area (Å²) in [7, 11) is 3.32. The van der Waals surface area contributed by atoms with Gasteiger partial charge in [-0.15, -0.1) is 0 Å². The fraction of sp³-hybridized carbons (Fsp3) is 0.137. The van der Waals surface area contributed by atoms with Crippen LogP contribution in [0.3, 0.4) is 0 Å². The van der Waals surface area contributed by atoms with Crippen molar-refractivity contribution in [1.82, 2.24) is 4.57 Å². The molecule has 0 N–H and O–H groups in total. The third-order valence-electron chi connectivity index (χ3n) is 11.7. The molecule has 1 heterocycles. The van der Waals surface area contributed by atoms with E-state index in [0.29, 0.717) is 49.1 Å². The summed E-state index contributed by atoms with van der Waals surface area (Å²) >= 11 is 0. The Hall–Kier alpha value is -7.16. The van der Waals surface area contributed by atoms with Crippen LogP contribution in [0.2, 0.25) is 0 Å². The molecule has 8 aromatic rings. The molecule has 7 aromatic carbocycles. The number of para-hydroxylation sites is 1. The van der Waals surface area contributed by atoms with E-state index in [4.69, 9.17) is 18.9 Å². The Kier molecular flexibility index (Phi) is 8.57. The molecule has 0 fully saturated rings. The molecule has 7 nitrogen and oxygen atoms in total. The Morgan fingerprint density at radius 1 is 0.483 bits per heavy atom. The number of rotatable bonds is 10. The van der Waals surface area contributed by atoms with E-state index in [1.165, 1.54) is 0 Å². The predicted octanol–water partition coefficient (Wildman–Crippen LogP) is 10.6. The number of aromatic nitrogens is 1. The minimum Gasteiger partial charge on any atom is -0.491 e. The molecule has 0 radical (unpaired) electrons. The number of hydrogen-bond acceptors (Lipinski definition) is 6. The van der Waals surface area contributed by atoms with Gasteiger partial charge in [-0.1, -0.05) is 72.8 Å². The third-order valence-corrected chi connectivity index (χ3v) is 11.7. The van der Waals surface area contributed by atoms with Crippen molar-refractivity contribution in [2.75, 3.05) is 40.6 Å². The Labute approximate surface area is 336 Å². The number of ether oxygens (including phenoxy) is 4. The van der Waals surface area contributed by atoms with Crippen LogP contribution in [0.1, 0.15) is 33.4 Å². The lowest BCUT2D eigenvalue weighted by atomic mass is 9.70. The first-order chi connectivity index (χ1) is 28.6. The fourth-order valence-corrected chi connectivity index (χ4v) is 9.27. The van der Waals surface area contributed by atoms with Crippen molar-refractivity contribution in [3.63, 3.8) is 0 Å². The fourth-order valence-electron chi connectivity index (χ4n) is 9.27. The van der Waals surface area contributed by atoms with E-state index >= 15 is 0 Å². The van der Waals surface area contributed by atoms with Crippen molar-refractivity contribution in [1.29, 1.82) is 10.5 Å². The highest BCUT2D eigenvalue weighted by Crippen LogP contribution is 2.63. The lowest BCUT2D eigenvalue weighted by molar-refractivity contribution is 0.142. The Bertz CT molecular complexity index is 2950. The summed E-state index contributed by atoms with van der Waals surface area (Å²) < 4.78 is 25.0. The van der Waals surface area contributed by atoms with E-state index in [-0.39, 0.29) is 0 Å². The van der Waals surface area contributed by atoms with Gasteiger partial charge in [0, 0.05) is 43.2 Å². The zero-order chi connectivity index (χ0) is 39.4. The molecule has 280 valence electrons. The lowest BCUT2D eigenvalue weighted by Gasteiger charge is -2.31. The molecule has 2 aliphatic rings. The topological polar surface area (TPSA) is 89.4 Å². The highest BCUT2D eigenvalue weighted by molar-refractivity contribution is 6.10. The molecule has 58 heavy (non-hydrogen) atoms. The molecule has 0 atom stereocenters. The predicted molar refractivity (Wildman–Crippen MR) is 227 cm³/mol. The van der Waals surface area contributed by atoms with E-state index in [9.17, 15) is 10.5 Å². The molecule has 0 unspecified atom stereocenters. The van der Waals surface area contributed by atoms with Gasteiger partial charge in [0.05, 0.1) is 58.6 Å². The molecular weight excluding hydrogens is 719 g/mol. The van der Waals surface area contributed by atoms with Gasteiger partial charge in [-0.2, -0.15) is 10.5 Å². The third kappa shape index (κ3) is 5.33. The quantitative estimate of drug-likeness (QED) is 0.129. The zero-order valence-corrected chi connectivity index (χ0v) is 32.1. The number of methoxy groups -OCH3 is 2. The van der Waals surface area contributed by atoms with Gasteiger partial charge >= 0.3 is 0 Å².